The molecule has 1 N–H and O–H groups in total. The molecular weight excluding hydrogens is 335 g/mol. The number of para-hydroxylation sites is 1. The van der Waals surface area contributed by atoms with Crippen LogP contribution in [0.25, 0.3) is 11.3 Å². The Balaban J connectivity index is 1.65. The fourth-order valence-corrected chi connectivity index (χ4v) is 2.71. The van der Waals surface area contributed by atoms with Gasteiger partial charge >= 0.3 is 0 Å². The lowest BCUT2D eigenvalue weighted by Gasteiger charge is -2.15. The number of aromatic nitrogens is 1. The SMILES string of the molecule is O=C(Nc1ccc(F)c(Cl)c1)c1noc2c1COc1ccccc1-2. The van der Waals surface area contributed by atoms with Crippen molar-refractivity contribution in [2.75, 3.05) is 5.32 Å². The number of hydrogen-bond acceptors (Lipinski definition) is 4. The van der Waals surface area contributed by atoms with Gasteiger partial charge in [-0.1, -0.05) is 28.9 Å². The van der Waals surface area contributed by atoms with Gasteiger partial charge in [-0.3, -0.25) is 4.79 Å². The van der Waals surface area contributed by atoms with Gasteiger partial charge in [0.1, 0.15) is 18.2 Å². The highest BCUT2D eigenvalue weighted by atomic mass is 35.5. The first-order valence-corrected chi connectivity index (χ1v) is 7.48. The van der Waals surface area contributed by atoms with Crippen LogP contribution in [0.3, 0.4) is 0 Å². The first kappa shape index (κ1) is 14.7. The van der Waals surface area contributed by atoms with E-state index in [9.17, 15) is 9.18 Å². The second-order valence-electron chi connectivity index (χ2n) is 5.21. The van der Waals surface area contributed by atoms with Crippen molar-refractivity contribution in [2.24, 2.45) is 0 Å². The highest BCUT2D eigenvalue weighted by Gasteiger charge is 2.28. The Labute approximate surface area is 141 Å². The van der Waals surface area contributed by atoms with E-state index in [-0.39, 0.29) is 17.3 Å². The van der Waals surface area contributed by atoms with E-state index in [0.717, 1.165) is 5.56 Å². The highest BCUT2D eigenvalue weighted by Crippen LogP contribution is 2.38. The molecule has 24 heavy (non-hydrogen) atoms. The van der Waals surface area contributed by atoms with E-state index >= 15 is 0 Å². The van der Waals surface area contributed by atoms with Gasteiger partial charge in [-0.05, 0) is 30.3 Å². The molecule has 1 aromatic heterocycles. The standard InChI is InChI=1S/C17H10ClFN2O3/c18-12-7-9(5-6-13(12)19)20-17(22)15-11-8-23-14-4-2-1-3-10(14)16(11)24-21-15/h1-7H,8H2,(H,20,22). The summed E-state index contributed by atoms with van der Waals surface area (Å²) in [4.78, 5) is 12.4. The van der Waals surface area contributed by atoms with Crippen LogP contribution in [0.5, 0.6) is 5.75 Å². The third-order valence-corrected chi connectivity index (χ3v) is 3.97. The molecule has 0 spiro atoms. The smallest absolute Gasteiger partial charge is 0.278 e. The zero-order valence-corrected chi connectivity index (χ0v) is 12.9. The Bertz CT molecular complexity index is 955. The van der Waals surface area contributed by atoms with Crippen molar-refractivity contribution < 1.29 is 18.4 Å². The fourth-order valence-electron chi connectivity index (χ4n) is 2.53. The third-order valence-electron chi connectivity index (χ3n) is 3.68. The molecule has 2 aromatic carbocycles. The van der Waals surface area contributed by atoms with Crippen LogP contribution in [0.4, 0.5) is 10.1 Å². The minimum absolute atomic E-state index is 0.0766. The second kappa shape index (κ2) is 5.65. The number of nitrogens with one attached hydrogen (secondary N) is 1. The Morgan fingerprint density at radius 2 is 2.08 bits per heavy atom. The van der Waals surface area contributed by atoms with Gasteiger partial charge in [-0.15, -0.1) is 0 Å². The van der Waals surface area contributed by atoms with Gasteiger partial charge in [-0.25, -0.2) is 4.39 Å². The van der Waals surface area contributed by atoms with Gasteiger partial charge in [0.05, 0.1) is 16.1 Å². The Morgan fingerprint density at radius 3 is 2.92 bits per heavy atom. The maximum absolute atomic E-state index is 13.2. The molecule has 3 aromatic rings. The molecule has 0 fully saturated rings. The van der Waals surface area contributed by atoms with Gasteiger partial charge in [0.15, 0.2) is 11.5 Å². The van der Waals surface area contributed by atoms with Gasteiger partial charge in [0.2, 0.25) is 0 Å². The van der Waals surface area contributed by atoms with Crippen LogP contribution in [0, 0.1) is 5.82 Å². The van der Waals surface area contributed by atoms with Gasteiger partial charge < -0.3 is 14.6 Å². The van der Waals surface area contributed by atoms with Crippen LogP contribution in [-0.2, 0) is 6.61 Å². The Morgan fingerprint density at radius 1 is 1.25 bits per heavy atom. The summed E-state index contributed by atoms with van der Waals surface area (Å²) in [7, 11) is 0. The number of carbonyl (C=O) groups excluding carboxylic acids is 1. The quantitative estimate of drug-likeness (QED) is 0.753. The number of nitrogens with zero attached hydrogens (tertiary/aromatic N) is 1. The summed E-state index contributed by atoms with van der Waals surface area (Å²) < 4.78 is 24.2. The molecule has 0 aliphatic carbocycles. The van der Waals surface area contributed by atoms with Crippen LogP contribution in [0.2, 0.25) is 5.02 Å². The average Bonchev–Trinajstić information content (AvgIpc) is 3.03. The number of amides is 1. The monoisotopic (exact) mass is 344 g/mol. The lowest BCUT2D eigenvalue weighted by atomic mass is 10.0. The van der Waals surface area contributed by atoms with Crippen LogP contribution in [0.15, 0.2) is 47.0 Å². The number of hydrogen-bond donors (Lipinski definition) is 1. The number of fused-ring (bicyclic) bond motifs is 3. The van der Waals surface area contributed by atoms with E-state index in [0.29, 0.717) is 22.8 Å². The molecular formula is C17H10ClFN2O3. The zero-order valence-electron chi connectivity index (χ0n) is 12.2. The number of benzene rings is 2. The normalized spacial score (nSPS) is 12.1. The maximum Gasteiger partial charge on any atom is 0.278 e. The molecule has 1 aliphatic rings. The van der Waals surface area contributed by atoms with E-state index in [1.807, 2.05) is 24.3 Å². The Kier molecular flexibility index (Phi) is 3.46. The number of rotatable bonds is 2. The maximum atomic E-state index is 13.2. The van der Waals surface area contributed by atoms with Crippen molar-refractivity contribution in [3.63, 3.8) is 0 Å². The summed E-state index contributed by atoms with van der Waals surface area (Å²) in [5.41, 5.74) is 1.80. The van der Waals surface area contributed by atoms with Crippen molar-refractivity contribution >= 4 is 23.2 Å². The molecule has 7 heteroatoms. The summed E-state index contributed by atoms with van der Waals surface area (Å²) in [6, 6.07) is 11.3. The molecule has 4 rings (SSSR count). The molecule has 0 saturated carbocycles. The number of halogens is 2. The van der Waals surface area contributed by atoms with Gasteiger partial charge in [-0.2, -0.15) is 0 Å². The van der Waals surface area contributed by atoms with E-state index in [1.165, 1.54) is 18.2 Å². The summed E-state index contributed by atoms with van der Waals surface area (Å²) in [5, 5.41) is 6.40. The molecule has 2 heterocycles. The molecule has 0 unspecified atom stereocenters. The average molecular weight is 345 g/mol. The van der Waals surface area contributed by atoms with Crippen LogP contribution in [0.1, 0.15) is 16.1 Å². The zero-order chi connectivity index (χ0) is 16.7. The lowest BCUT2D eigenvalue weighted by Crippen LogP contribution is -2.16. The number of ether oxygens (including phenoxy) is 1. The molecule has 0 saturated heterocycles. The van der Waals surface area contributed by atoms with E-state index in [2.05, 4.69) is 10.5 Å². The molecule has 1 amide bonds. The van der Waals surface area contributed by atoms with E-state index in [4.69, 9.17) is 20.9 Å². The first-order valence-electron chi connectivity index (χ1n) is 7.10. The van der Waals surface area contributed by atoms with Gasteiger partial charge in [0.25, 0.3) is 5.91 Å². The van der Waals surface area contributed by atoms with Crippen molar-refractivity contribution in [2.45, 2.75) is 6.61 Å². The first-order chi connectivity index (χ1) is 11.6. The van der Waals surface area contributed by atoms with Crippen molar-refractivity contribution in [1.82, 2.24) is 5.16 Å². The summed E-state index contributed by atoms with van der Waals surface area (Å²) in [5.74, 6) is 0.154. The fraction of sp³-hybridized carbons (Fsp3) is 0.0588. The molecule has 1 aliphatic heterocycles. The predicted molar refractivity (Wildman–Crippen MR) is 85.6 cm³/mol. The predicted octanol–water partition coefficient (Wildman–Crippen LogP) is 4.28. The van der Waals surface area contributed by atoms with E-state index in [1.54, 1.807) is 0 Å². The van der Waals surface area contributed by atoms with E-state index < -0.39 is 11.7 Å². The van der Waals surface area contributed by atoms with Gasteiger partial charge in [0, 0.05) is 5.69 Å². The van der Waals surface area contributed by atoms with Crippen molar-refractivity contribution in [3.8, 4) is 17.1 Å². The Hall–Kier alpha value is -2.86. The largest absolute Gasteiger partial charge is 0.488 e. The van der Waals surface area contributed by atoms with Crippen LogP contribution in [-0.4, -0.2) is 11.1 Å². The van der Waals surface area contributed by atoms with Crippen molar-refractivity contribution in [3.05, 3.63) is 64.6 Å². The summed E-state index contributed by atoms with van der Waals surface area (Å²) in [6.07, 6.45) is 0. The number of carbonyl (C=O) groups is 1. The molecule has 5 nitrogen and oxygen atoms in total. The van der Waals surface area contributed by atoms with Crippen LogP contribution >= 0.6 is 11.6 Å². The molecule has 0 radical (unpaired) electrons. The summed E-state index contributed by atoms with van der Waals surface area (Å²) in [6.45, 7) is 0.183. The second-order valence-corrected chi connectivity index (χ2v) is 5.61. The minimum Gasteiger partial charge on any atom is -0.488 e. The van der Waals surface area contributed by atoms with Crippen LogP contribution < -0.4 is 10.1 Å². The topological polar surface area (TPSA) is 64.4 Å². The molecule has 0 bridgehead atoms. The molecule has 0 atom stereocenters. The minimum atomic E-state index is -0.557. The summed E-state index contributed by atoms with van der Waals surface area (Å²) >= 11 is 5.71. The highest BCUT2D eigenvalue weighted by molar-refractivity contribution is 6.31. The van der Waals surface area contributed by atoms with Crippen molar-refractivity contribution in [1.29, 1.82) is 0 Å². The third kappa shape index (κ3) is 2.41. The molecule has 120 valence electrons. The number of anilines is 1. The lowest BCUT2D eigenvalue weighted by molar-refractivity contribution is 0.101.